The van der Waals surface area contributed by atoms with Crippen LogP contribution in [0.2, 0.25) is 5.02 Å². The Bertz CT molecular complexity index is 456. The van der Waals surface area contributed by atoms with E-state index in [9.17, 15) is 4.39 Å². The summed E-state index contributed by atoms with van der Waals surface area (Å²) in [4.78, 5) is 0. The van der Waals surface area contributed by atoms with Gasteiger partial charge in [-0.25, -0.2) is 4.39 Å². The second kappa shape index (κ2) is 6.17. The van der Waals surface area contributed by atoms with E-state index in [2.05, 4.69) is 11.4 Å². The first-order chi connectivity index (χ1) is 8.70. The topological polar surface area (TPSA) is 35.8 Å². The van der Waals surface area contributed by atoms with E-state index in [0.717, 1.165) is 24.8 Å². The fourth-order valence-electron chi connectivity index (χ4n) is 2.43. The van der Waals surface area contributed by atoms with E-state index in [-0.39, 0.29) is 17.0 Å². The molecule has 0 radical (unpaired) electrons. The fraction of sp³-hybridized carbons (Fsp3) is 0.500. The van der Waals surface area contributed by atoms with E-state index in [1.54, 1.807) is 12.1 Å². The minimum absolute atomic E-state index is 0.0923. The van der Waals surface area contributed by atoms with Crippen LogP contribution in [0.5, 0.6) is 0 Å². The molecule has 2 nitrogen and oxygen atoms in total. The lowest BCUT2D eigenvalue weighted by Gasteiger charge is -2.27. The number of hydrogen-bond acceptors (Lipinski definition) is 2. The summed E-state index contributed by atoms with van der Waals surface area (Å²) in [5, 5.41) is 12.6. The lowest BCUT2D eigenvalue weighted by Crippen LogP contribution is -2.37. The van der Waals surface area contributed by atoms with Gasteiger partial charge < -0.3 is 5.32 Å². The fourth-order valence-corrected chi connectivity index (χ4v) is 2.63. The molecule has 1 aromatic rings. The average molecular weight is 267 g/mol. The molecule has 1 N–H and O–H groups in total. The summed E-state index contributed by atoms with van der Waals surface area (Å²) in [5.74, 6) is -0.303. The van der Waals surface area contributed by atoms with Crippen molar-refractivity contribution in [3.05, 3.63) is 34.6 Å². The monoisotopic (exact) mass is 266 g/mol. The quantitative estimate of drug-likeness (QED) is 0.906. The minimum atomic E-state index is -0.395. The van der Waals surface area contributed by atoms with Gasteiger partial charge in [0.05, 0.1) is 17.0 Å². The number of hydrogen-bond donors (Lipinski definition) is 1. The van der Waals surface area contributed by atoms with Crippen molar-refractivity contribution in [2.75, 3.05) is 0 Å². The Labute approximate surface area is 112 Å². The number of nitriles is 1. The van der Waals surface area contributed by atoms with Crippen molar-refractivity contribution in [3.8, 4) is 6.07 Å². The van der Waals surface area contributed by atoms with Gasteiger partial charge in [0.1, 0.15) is 5.82 Å². The molecule has 0 spiro atoms. The standard InChI is InChI=1S/C14H16ClFN2/c15-12-7-10(5-6-13(12)16)9-18-14-4-2-1-3-11(14)8-17/h5-7,11,14,18H,1-4,9H2. The molecule has 0 bridgehead atoms. The highest BCUT2D eigenvalue weighted by atomic mass is 35.5. The van der Waals surface area contributed by atoms with Gasteiger partial charge in [0.2, 0.25) is 0 Å². The van der Waals surface area contributed by atoms with E-state index in [1.165, 1.54) is 12.5 Å². The molecule has 0 amide bonds. The predicted octanol–water partition coefficient (Wildman–Crippen LogP) is 3.65. The Morgan fingerprint density at radius 3 is 2.89 bits per heavy atom. The maximum Gasteiger partial charge on any atom is 0.141 e. The molecule has 2 unspecified atom stereocenters. The minimum Gasteiger partial charge on any atom is -0.309 e. The van der Waals surface area contributed by atoms with E-state index >= 15 is 0 Å². The molecule has 0 saturated heterocycles. The smallest absolute Gasteiger partial charge is 0.141 e. The van der Waals surface area contributed by atoms with Gasteiger partial charge >= 0.3 is 0 Å². The Hall–Kier alpha value is -1.11. The first-order valence-electron chi connectivity index (χ1n) is 6.27. The molecule has 18 heavy (non-hydrogen) atoms. The molecule has 1 fully saturated rings. The van der Waals surface area contributed by atoms with Crippen LogP contribution >= 0.6 is 11.6 Å². The largest absolute Gasteiger partial charge is 0.309 e. The van der Waals surface area contributed by atoms with E-state index in [4.69, 9.17) is 16.9 Å². The Balaban J connectivity index is 1.94. The third kappa shape index (κ3) is 3.22. The summed E-state index contributed by atoms with van der Waals surface area (Å²) in [7, 11) is 0. The summed E-state index contributed by atoms with van der Waals surface area (Å²) >= 11 is 5.74. The van der Waals surface area contributed by atoms with Crippen molar-refractivity contribution >= 4 is 11.6 Å². The first-order valence-corrected chi connectivity index (χ1v) is 6.65. The summed E-state index contributed by atoms with van der Waals surface area (Å²) in [5.41, 5.74) is 0.948. The SMILES string of the molecule is N#CC1CCCCC1NCc1ccc(F)c(Cl)c1. The van der Waals surface area contributed by atoms with Crippen molar-refractivity contribution in [3.63, 3.8) is 0 Å². The van der Waals surface area contributed by atoms with Crippen LogP contribution in [0, 0.1) is 23.1 Å². The number of halogens is 2. The van der Waals surface area contributed by atoms with E-state index in [1.807, 2.05) is 0 Å². The summed E-state index contributed by atoms with van der Waals surface area (Å²) < 4.78 is 13.0. The van der Waals surface area contributed by atoms with E-state index in [0.29, 0.717) is 6.54 Å². The summed E-state index contributed by atoms with van der Waals surface area (Å²) in [6.07, 6.45) is 4.31. The Kier molecular flexibility index (Phi) is 4.57. The highest BCUT2D eigenvalue weighted by Crippen LogP contribution is 2.24. The molecular weight excluding hydrogens is 251 g/mol. The second-order valence-corrected chi connectivity index (χ2v) is 5.16. The maximum atomic E-state index is 13.0. The zero-order valence-electron chi connectivity index (χ0n) is 10.1. The van der Waals surface area contributed by atoms with Crippen molar-refractivity contribution in [1.29, 1.82) is 5.26 Å². The van der Waals surface area contributed by atoms with Crippen LogP contribution in [0.4, 0.5) is 4.39 Å². The summed E-state index contributed by atoms with van der Waals surface area (Å²) in [6.45, 7) is 0.628. The predicted molar refractivity (Wildman–Crippen MR) is 69.6 cm³/mol. The normalized spacial score (nSPS) is 23.6. The lowest BCUT2D eigenvalue weighted by molar-refractivity contribution is 0.311. The van der Waals surface area contributed by atoms with Crippen LogP contribution in [0.3, 0.4) is 0 Å². The van der Waals surface area contributed by atoms with Crippen LogP contribution in [0.15, 0.2) is 18.2 Å². The molecule has 0 aliphatic heterocycles. The highest BCUT2D eigenvalue weighted by Gasteiger charge is 2.24. The van der Waals surface area contributed by atoms with Gasteiger partial charge in [0, 0.05) is 12.6 Å². The molecule has 96 valence electrons. The van der Waals surface area contributed by atoms with E-state index < -0.39 is 5.82 Å². The number of rotatable bonds is 3. The lowest BCUT2D eigenvalue weighted by atomic mass is 9.85. The second-order valence-electron chi connectivity index (χ2n) is 4.76. The van der Waals surface area contributed by atoms with Crippen molar-refractivity contribution in [1.82, 2.24) is 5.32 Å². The number of benzene rings is 1. The molecule has 1 aliphatic rings. The van der Waals surface area contributed by atoms with Crippen LogP contribution < -0.4 is 5.32 Å². The molecule has 0 aromatic heterocycles. The molecule has 1 aromatic carbocycles. The van der Waals surface area contributed by atoms with Crippen LogP contribution in [-0.2, 0) is 6.54 Å². The first kappa shape index (κ1) is 13.3. The Morgan fingerprint density at radius 1 is 1.39 bits per heavy atom. The average Bonchev–Trinajstić information content (AvgIpc) is 2.40. The Morgan fingerprint density at radius 2 is 2.17 bits per heavy atom. The third-order valence-electron chi connectivity index (χ3n) is 3.48. The number of nitrogens with zero attached hydrogens (tertiary/aromatic N) is 1. The van der Waals surface area contributed by atoms with Crippen molar-refractivity contribution in [2.24, 2.45) is 5.92 Å². The van der Waals surface area contributed by atoms with Gasteiger partial charge in [-0.1, -0.05) is 30.5 Å². The van der Waals surface area contributed by atoms with Gasteiger partial charge in [-0.2, -0.15) is 5.26 Å². The third-order valence-corrected chi connectivity index (χ3v) is 3.77. The van der Waals surface area contributed by atoms with Crippen LogP contribution in [-0.4, -0.2) is 6.04 Å². The van der Waals surface area contributed by atoms with Crippen LogP contribution in [0.1, 0.15) is 31.2 Å². The highest BCUT2D eigenvalue weighted by molar-refractivity contribution is 6.30. The number of nitrogens with one attached hydrogen (secondary N) is 1. The van der Waals surface area contributed by atoms with Crippen LogP contribution in [0.25, 0.3) is 0 Å². The van der Waals surface area contributed by atoms with Gasteiger partial charge in [-0.15, -0.1) is 0 Å². The molecule has 2 rings (SSSR count). The molecular formula is C14H16ClFN2. The molecule has 1 saturated carbocycles. The summed E-state index contributed by atoms with van der Waals surface area (Å²) in [6, 6.07) is 7.34. The van der Waals surface area contributed by atoms with Crippen molar-refractivity contribution < 1.29 is 4.39 Å². The van der Waals surface area contributed by atoms with Gasteiger partial charge in [0.25, 0.3) is 0 Å². The molecule has 1 aliphatic carbocycles. The zero-order chi connectivity index (χ0) is 13.0. The molecule has 0 heterocycles. The van der Waals surface area contributed by atoms with Crippen molar-refractivity contribution in [2.45, 2.75) is 38.3 Å². The van der Waals surface area contributed by atoms with Gasteiger partial charge in [-0.05, 0) is 30.5 Å². The molecule has 4 heteroatoms. The molecule has 2 atom stereocenters. The maximum absolute atomic E-state index is 13.0. The zero-order valence-corrected chi connectivity index (χ0v) is 10.9. The van der Waals surface area contributed by atoms with Gasteiger partial charge in [0.15, 0.2) is 0 Å². The van der Waals surface area contributed by atoms with Gasteiger partial charge in [-0.3, -0.25) is 0 Å².